The van der Waals surface area contributed by atoms with Crippen LogP contribution in [-0.4, -0.2) is 43.7 Å². The summed E-state index contributed by atoms with van der Waals surface area (Å²) in [5.41, 5.74) is 0.674. The van der Waals surface area contributed by atoms with Crippen LogP contribution in [0.2, 0.25) is 0 Å². The van der Waals surface area contributed by atoms with Gasteiger partial charge in [-0.3, -0.25) is 0 Å². The van der Waals surface area contributed by atoms with Gasteiger partial charge in [-0.2, -0.15) is 0 Å². The average Bonchev–Trinajstić information content (AvgIpc) is 2.85. The monoisotopic (exact) mass is 486 g/mol. The summed E-state index contributed by atoms with van der Waals surface area (Å²) in [6.45, 7) is 4.64. The average molecular weight is 487 g/mol. The highest BCUT2D eigenvalue weighted by Crippen LogP contribution is 2.29. The second-order valence-corrected chi connectivity index (χ2v) is 11.8. The van der Waals surface area contributed by atoms with Gasteiger partial charge < -0.3 is 9.22 Å². The van der Waals surface area contributed by atoms with E-state index in [0.29, 0.717) is 11.5 Å². The van der Waals surface area contributed by atoms with E-state index in [4.69, 9.17) is 4.74 Å². The molecule has 1 aromatic rings. The standard InChI is InChI=1S/C32H56NO2/c1-4-5-6-7-8-9-10-11-12-13-14-15-16-22-27-33(2,3)28-30-25-20-21-26-31(30)35-32(34)29-23-18-17-19-24-29/h17-19,23-24,30-31H,4-16,20-22,25-28H2,1-3H3/q+1/t30-,31-/m1/s1. The third kappa shape index (κ3) is 13.5. The first-order valence-electron chi connectivity index (χ1n) is 15.1. The van der Waals surface area contributed by atoms with Gasteiger partial charge in [-0.1, -0.05) is 109 Å². The third-order valence-electron chi connectivity index (χ3n) is 7.95. The first kappa shape index (κ1) is 29.9. The summed E-state index contributed by atoms with van der Waals surface area (Å²) in [7, 11) is 4.74. The number of hydrogen-bond acceptors (Lipinski definition) is 2. The van der Waals surface area contributed by atoms with Crippen LogP contribution in [0.3, 0.4) is 0 Å². The zero-order valence-corrected chi connectivity index (χ0v) is 23.4. The van der Waals surface area contributed by atoms with Crippen molar-refractivity contribution < 1.29 is 14.0 Å². The van der Waals surface area contributed by atoms with E-state index in [-0.39, 0.29) is 12.1 Å². The van der Waals surface area contributed by atoms with E-state index < -0.39 is 0 Å². The van der Waals surface area contributed by atoms with Gasteiger partial charge in [-0.25, -0.2) is 4.79 Å². The van der Waals surface area contributed by atoms with Crippen molar-refractivity contribution in [2.24, 2.45) is 5.92 Å². The van der Waals surface area contributed by atoms with Crippen LogP contribution in [0.15, 0.2) is 30.3 Å². The van der Waals surface area contributed by atoms with Crippen molar-refractivity contribution in [1.29, 1.82) is 0 Å². The Hall–Kier alpha value is -1.35. The molecule has 35 heavy (non-hydrogen) atoms. The Morgan fingerprint density at radius 3 is 1.86 bits per heavy atom. The van der Waals surface area contributed by atoms with Gasteiger partial charge in [0.05, 0.1) is 32.7 Å². The van der Waals surface area contributed by atoms with E-state index in [0.717, 1.165) is 17.4 Å². The minimum Gasteiger partial charge on any atom is -0.458 e. The second kappa shape index (κ2) is 18.0. The van der Waals surface area contributed by atoms with Crippen LogP contribution < -0.4 is 0 Å². The predicted molar refractivity (Wildman–Crippen MR) is 150 cm³/mol. The molecule has 0 N–H and O–H groups in total. The van der Waals surface area contributed by atoms with Crippen LogP contribution in [0.5, 0.6) is 0 Å². The first-order chi connectivity index (χ1) is 17.0. The van der Waals surface area contributed by atoms with Gasteiger partial charge in [0.1, 0.15) is 6.10 Å². The number of carbonyl (C=O) groups excluding carboxylic acids is 1. The summed E-state index contributed by atoms with van der Waals surface area (Å²) in [6.07, 6.45) is 24.5. The minimum absolute atomic E-state index is 0.0743. The smallest absolute Gasteiger partial charge is 0.338 e. The molecule has 1 aromatic carbocycles. The van der Waals surface area contributed by atoms with E-state index in [1.807, 2.05) is 30.3 Å². The van der Waals surface area contributed by atoms with E-state index in [1.165, 1.54) is 116 Å². The van der Waals surface area contributed by atoms with Gasteiger partial charge in [-0.15, -0.1) is 0 Å². The number of nitrogens with zero attached hydrogens (tertiary/aromatic N) is 1. The van der Waals surface area contributed by atoms with Crippen molar-refractivity contribution in [1.82, 2.24) is 0 Å². The predicted octanol–water partition coefficient (Wildman–Crippen LogP) is 8.96. The molecule has 0 unspecified atom stereocenters. The highest BCUT2D eigenvalue weighted by molar-refractivity contribution is 5.89. The van der Waals surface area contributed by atoms with Gasteiger partial charge in [0, 0.05) is 5.92 Å². The van der Waals surface area contributed by atoms with E-state index in [2.05, 4.69) is 21.0 Å². The lowest BCUT2D eigenvalue weighted by atomic mass is 9.85. The lowest BCUT2D eigenvalue weighted by molar-refractivity contribution is -0.894. The third-order valence-corrected chi connectivity index (χ3v) is 7.95. The first-order valence-corrected chi connectivity index (χ1v) is 15.1. The van der Waals surface area contributed by atoms with Crippen molar-refractivity contribution >= 4 is 5.97 Å². The molecule has 1 aliphatic rings. The summed E-state index contributed by atoms with van der Waals surface area (Å²) in [5.74, 6) is 0.331. The number of quaternary nitrogens is 1. The molecule has 0 bridgehead atoms. The van der Waals surface area contributed by atoms with Crippen molar-refractivity contribution in [2.45, 2.75) is 129 Å². The number of hydrogen-bond donors (Lipinski definition) is 0. The fourth-order valence-electron chi connectivity index (χ4n) is 5.78. The molecule has 0 spiro atoms. The van der Waals surface area contributed by atoms with Crippen molar-refractivity contribution in [2.75, 3.05) is 27.2 Å². The molecule has 1 saturated carbocycles. The maximum absolute atomic E-state index is 12.6. The van der Waals surface area contributed by atoms with Crippen LogP contribution in [0.4, 0.5) is 0 Å². The van der Waals surface area contributed by atoms with E-state index in [9.17, 15) is 4.79 Å². The molecule has 200 valence electrons. The van der Waals surface area contributed by atoms with Crippen LogP contribution in [0.1, 0.15) is 133 Å². The number of ether oxygens (including phenoxy) is 1. The molecule has 1 aliphatic carbocycles. The highest BCUT2D eigenvalue weighted by Gasteiger charge is 2.33. The summed E-state index contributed by atoms with van der Waals surface area (Å²) >= 11 is 0. The maximum atomic E-state index is 12.6. The van der Waals surface area contributed by atoms with Gasteiger partial charge in [0.15, 0.2) is 0 Å². The largest absolute Gasteiger partial charge is 0.458 e. The summed E-state index contributed by atoms with van der Waals surface area (Å²) in [6, 6.07) is 9.47. The molecular weight excluding hydrogens is 430 g/mol. The Morgan fingerprint density at radius 2 is 1.29 bits per heavy atom. The summed E-state index contributed by atoms with van der Waals surface area (Å²) in [4.78, 5) is 12.6. The molecule has 0 heterocycles. The van der Waals surface area contributed by atoms with Crippen molar-refractivity contribution in [3.05, 3.63) is 35.9 Å². The zero-order valence-electron chi connectivity index (χ0n) is 23.4. The quantitative estimate of drug-likeness (QED) is 0.111. The summed E-state index contributed by atoms with van der Waals surface area (Å²) in [5, 5.41) is 0. The number of benzene rings is 1. The van der Waals surface area contributed by atoms with Crippen LogP contribution in [-0.2, 0) is 4.74 Å². The van der Waals surface area contributed by atoms with Gasteiger partial charge in [0.2, 0.25) is 0 Å². The van der Waals surface area contributed by atoms with Crippen LogP contribution >= 0.6 is 0 Å². The number of unbranched alkanes of at least 4 members (excludes halogenated alkanes) is 13. The lowest BCUT2D eigenvalue weighted by Crippen LogP contribution is -2.48. The molecule has 0 saturated heterocycles. The molecule has 0 radical (unpaired) electrons. The Bertz CT molecular complexity index is 657. The zero-order chi connectivity index (χ0) is 25.2. The summed E-state index contributed by atoms with van der Waals surface area (Å²) < 4.78 is 7.06. The van der Waals surface area contributed by atoms with Gasteiger partial charge in [-0.05, 0) is 44.2 Å². The fourth-order valence-corrected chi connectivity index (χ4v) is 5.78. The molecule has 0 aromatic heterocycles. The van der Waals surface area contributed by atoms with E-state index >= 15 is 0 Å². The van der Waals surface area contributed by atoms with Crippen molar-refractivity contribution in [3.8, 4) is 0 Å². The maximum Gasteiger partial charge on any atom is 0.338 e. The molecule has 2 rings (SSSR count). The molecule has 2 atom stereocenters. The Labute approximate surface area is 217 Å². The Balaban J connectivity index is 1.54. The SMILES string of the molecule is CCCCCCCCCCCCCCCC[N+](C)(C)C[C@H]1CCCC[C@H]1OC(=O)c1ccccc1. The molecule has 3 heteroatoms. The molecule has 3 nitrogen and oxygen atoms in total. The number of esters is 1. The number of carbonyl (C=O) groups is 1. The van der Waals surface area contributed by atoms with Gasteiger partial charge in [0.25, 0.3) is 0 Å². The molecule has 0 amide bonds. The fraction of sp³-hybridized carbons (Fsp3) is 0.781. The topological polar surface area (TPSA) is 26.3 Å². The normalized spacial score (nSPS) is 18.5. The Morgan fingerprint density at radius 1 is 0.771 bits per heavy atom. The lowest BCUT2D eigenvalue weighted by Gasteiger charge is -2.38. The number of rotatable bonds is 19. The molecule has 0 aliphatic heterocycles. The minimum atomic E-state index is -0.153. The van der Waals surface area contributed by atoms with Crippen LogP contribution in [0.25, 0.3) is 0 Å². The second-order valence-electron chi connectivity index (χ2n) is 11.8. The molecular formula is C32H56NO2+. The Kier molecular flexibility index (Phi) is 15.3. The van der Waals surface area contributed by atoms with Crippen LogP contribution in [0, 0.1) is 5.92 Å². The van der Waals surface area contributed by atoms with Gasteiger partial charge >= 0.3 is 5.97 Å². The van der Waals surface area contributed by atoms with Crippen molar-refractivity contribution in [3.63, 3.8) is 0 Å². The highest BCUT2D eigenvalue weighted by atomic mass is 16.5. The molecule has 1 fully saturated rings. The van der Waals surface area contributed by atoms with E-state index in [1.54, 1.807) is 0 Å².